The highest BCUT2D eigenvalue weighted by Crippen LogP contribution is 2.36. The molecule has 1 aliphatic carbocycles. The van der Waals surface area contributed by atoms with Crippen LogP contribution in [0.25, 0.3) is 0 Å². The summed E-state index contributed by atoms with van der Waals surface area (Å²) in [4.78, 5) is 11.1. The predicted octanol–water partition coefficient (Wildman–Crippen LogP) is 3.96. The molecule has 1 saturated carbocycles. The van der Waals surface area contributed by atoms with E-state index < -0.39 is 18.3 Å². The molecule has 3 N–H and O–H groups in total. The second kappa shape index (κ2) is 14.2. The summed E-state index contributed by atoms with van der Waals surface area (Å²) in [5.74, 6) is -0.423. The maximum atomic E-state index is 11.1. The number of carbonyl (C=O) groups is 1. The zero-order valence-electron chi connectivity index (χ0n) is 18.6. The molecule has 0 amide bonds. The molecule has 0 aliphatic heterocycles. The van der Waals surface area contributed by atoms with Crippen LogP contribution in [0.3, 0.4) is 0 Å². The molecule has 0 spiro atoms. The highest BCUT2D eigenvalue weighted by atomic mass is 16.5. The molecule has 1 aliphatic rings. The lowest BCUT2D eigenvalue weighted by molar-refractivity contribution is -0.140. The van der Waals surface area contributed by atoms with E-state index in [-0.39, 0.29) is 17.8 Å². The molecule has 0 heterocycles. The standard InChI is InChI=1S/C26H38O5/c1-31-26(30)16-8-3-2-7-15-22-23(25(29)19-24(22)28)18-17-21(27)14-10-9-13-20-11-5-4-6-12-20/h2,4-7,11-12,17-18,21-25,27-29H,3,8-10,13-16,19H2,1H3/b7-2-,18-17+/t21-,22+,23?,24-,25+/m0/s1. The first-order chi connectivity index (χ1) is 15.0. The summed E-state index contributed by atoms with van der Waals surface area (Å²) in [6, 6.07) is 10.3. The lowest BCUT2D eigenvalue weighted by atomic mass is 9.89. The van der Waals surface area contributed by atoms with Crippen LogP contribution in [-0.2, 0) is 16.0 Å². The van der Waals surface area contributed by atoms with Gasteiger partial charge < -0.3 is 20.1 Å². The first-order valence-electron chi connectivity index (χ1n) is 11.5. The van der Waals surface area contributed by atoms with Gasteiger partial charge in [-0.05, 0) is 50.0 Å². The Labute approximate surface area is 186 Å². The van der Waals surface area contributed by atoms with Crippen molar-refractivity contribution in [2.24, 2.45) is 11.8 Å². The number of allylic oxidation sites excluding steroid dienone is 2. The monoisotopic (exact) mass is 430 g/mol. The van der Waals surface area contributed by atoms with Gasteiger partial charge >= 0.3 is 5.97 Å². The van der Waals surface area contributed by atoms with Crippen molar-refractivity contribution in [2.75, 3.05) is 7.11 Å². The molecular formula is C26H38O5. The molecule has 5 atom stereocenters. The predicted molar refractivity (Wildman–Crippen MR) is 122 cm³/mol. The Kier molecular flexibility index (Phi) is 11.6. The van der Waals surface area contributed by atoms with E-state index >= 15 is 0 Å². The van der Waals surface area contributed by atoms with Crippen molar-refractivity contribution in [3.63, 3.8) is 0 Å². The number of benzene rings is 1. The Morgan fingerprint density at radius 3 is 2.65 bits per heavy atom. The van der Waals surface area contributed by atoms with Gasteiger partial charge in [0.15, 0.2) is 0 Å². The molecule has 2 rings (SSSR count). The van der Waals surface area contributed by atoms with Crippen molar-refractivity contribution in [2.45, 2.75) is 76.1 Å². The third-order valence-electron chi connectivity index (χ3n) is 6.08. The van der Waals surface area contributed by atoms with Crippen molar-refractivity contribution in [1.29, 1.82) is 0 Å². The lowest BCUT2D eigenvalue weighted by Crippen LogP contribution is -2.20. The minimum Gasteiger partial charge on any atom is -0.469 e. The molecule has 5 nitrogen and oxygen atoms in total. The van der Waals surface area contributed by atoms with Gasteiger partial charge in [-0.25, -0.2) is 0 Å². The maximum absolute atomic E-state index is 11.1. The highest BCUT2D eigenvalue weighted by Gasteiger charge is 2.39. The molecule has 1 unspecified atom stereocenters. The molecule has 31 heavy (non-hydrogen) atoms. The topological polar surface area (TPSA) is 87.0 Å². The van der Waals surface area contributed by atoms with Crippen molar-refractivity contribution < 1.29 is 24.9 Å². The number of ether oxygens (including phenoxy) is 1. The van der Waals surface area contributed by atoms with E-state index in [1.165, 1.54) is 12.7 Å². The average molecular weight is 431 g/mol. The minimum atomic E-state index is -0.589. The molecular weight excluding hydrogens is 392 g/mol. The Balaban J connectivity index is 1.72. The van der Waals surface area contributed by atoms with Gasteiger partial charge in [-0.15, -0.1) is 0 Å². The molecule has 5 heteroatoms. The summed E-state index contributed by atoms with van der Waals surface area (Å²) in [5.41, 5.74) is 1.32. The molecule has 1 aromatic rings. The number of rotatable bonds is 13. The molecule has 1 fully saturated rings. The van der Waals surface area contributed by atoms with E-state index in [1.54, 1.807) is 6.08 Å². The second-order valence-electron chi connectivity index (χ2n) is 8.47. The van der Waals surface area contributed by atoms with Crippen LogP contribution < -0.4 is 0 Å². The van der Waals surface area contributed by atoms with E-state index in [0.717, 1.165) is 32.1 Å². The molecule has 0 saturated heterocycles. The van der Waals surface area contributed by atoms with E-state index in [4.69, 9.17) is 0 Å². The number of hydrogen-bond acceptors (Lipinski definition) is 5. The zero-order valence-corrected chi connectivity index (χ0v) is 18.6. The van der Waals surface area contributed by atoms with Crippen LogP contribution >= 0.6 is 0 Å². The van der Waals surface area contributed by atoms with Gasteiger partial charge in [0.1, 0.15) is 0 Å². The Bertz CT molecular complexity index is 684. The fourth-order valence-corrected chi connectivity index (χ4v) is 4.22. The summed E-state index contributed by atoms with van der Waals surface area (Å²) >= 11 is 0. The molecule has 172 valence electrons. The van der Waals surface area contributed by atoms with Crippen LogP contribution in [0.2, 0.25) is 0 Å². The number of carbonyl (C=O) groups excluding carboxylic acids is 1. The van der Waals surface area contributed by atoms with Gasteiger partial charge in [-0.1, -0.05) is 61.1 Å². The van der Waals surface area contributed by atoms with Crippen molar-refractivity contribution in [1.82, 2.24) is 0 Å². The molecule has 0 aromatic heterocycles. The van der Waals surface area contributed by atoms with Gasteiger partial charge in [0.25, 0.3) is 0 Å². The lowest BCUT2D eigenvalue weighted by Gasteiger charge is -2.19. The Morgan fingerprint density at radius 2 is 1.90 bits per heavy atom. The smallest absolute Gasteiger partial charge is 0.305 e. The van der Waals surface area contributed by atoms with E-state index in [2.05, 4.69) is 16.9 Å². The van der Waals surface area contributed by atoms with Crippen LogP contribution in [0.15, 0.2) is 54.6 Å². The van der Waals surface area contributed by atoms with Gasteiger partial charge in [0, 0.05) is 18.8 Å². The van der Waals surface area contributed by atoms with E-state index in [0.29, 0.717) is 25.7 Å². The number of aliphatic hydroxyl groups is 3. The van der Waals surface area contributed by atoms with Gasteiger partial charge in [0.2, 0.25) is 0 Å². The summed E-state index contributed by atoms with van der Waals surface area (Å²) in [7, 11) is 1.39. The average Bonchev–Trinajstić information content (AvgIpc) is 3.04. The van der Waals surface area contributed by atoms with Gasteiger partial charge in [-0.3, -0.25) is 4.79 Å². The summed E-state index contributed by atoms with van der Waals surface area (Å²) in [6.07, 6.45) is 12.7. The fraction of sp³-hybridized carbons (Fsp3) is 0.577. The number of aryl methyl sites for hydroxylation is 1. The normalized spacial score (nSPS) is 24.8. The third kappa shape index (κ3) is 9.38. The van der Waals surface area contributed by atoms with Crippen molar-refractivity contribution in [3.8, 4) is 0 Å². The van der Waals surface area contributed by atoms with E-state index in [9.17, 15) is 20.1 Å². The summed E-state index contributed by atoms with van der Waals surface area (Å²) in [5, 5.41) is 31.0. The van der Waals surface area contributed by atoms with Crippen molar-refractivity contribution in [3.05, 3.63) is 60.2 Å². The van der Waals surface area contributed by atoms with E-state index in [1.807, 2.05) is 36.4 Å². The van der Waals surface area contributed by atoms with Gasteiger partial charge in [-0.2, -0.15) is 0 Å². The minimum absolute atomic E-state index is 0.0617. The fourth-order valence-electron chi connectivity index (χ4n) is 4.22. The number of esters is 1. The molecule has 0 radical (unpaired) electrons. The molecule has 1 aromatic carbocycles. The third-order valence-corrected chi connectivity index (χ3v) is 6.08. The number of methoxy groups -OCH3 is 1. The maximum Gasteiger partial charge on any atom is 0.305 e. The van der Waals surface area contributed by atoms with Crippen LogP contribution in [0.1, 0.15) is 56.9 Å². The Morgan fingerprint density at radius 1 is 1.13 bits per heavy atom. The SMILES string of the molecule is COC(=O)CCC/C=C\C[C@@H]1C(/C=C/[C@@H](O)CCCCc2ccccc2)[C@H](O)C[C@@H]1O. The first-order valence-corrected chi connectivity index (χ1v) is 11.5. The van der Waals surface area contributed by atoms with Gasteiger partial charge in [0.05, 0.1) is 25.4 Å². The van der Waals surface area contributed by atoms with Crippen LogP contribution in [-0.4, -0.2) is 46.7 Å². The summed E-state index contributed by atoms with van der Waals surface area (Å²) < 4.78 is 4.62. The van der Waals surface area contributed by atoms with Crippen molar-refractivity contribution >= 4 is 5.97 Å². The summed E-state index contributed by atoms with van der Waals surface area (Å²) in [6.45, 7) is 0. The Hall–Kier alpha value is -1.95. The van der Waals surface area contributed by atoms with Crippen LogP contribution in [0.5, 0.6) is 0 Å². The highest BCUT2D eigenvalue weighted by molar-refractivity contribution is 5.69. The van der Waals surface area contributed by atoms with Crippen LogP contribution in [0, 0.1) is 11.8 Å². The largest absolute Gasteiger partial charge is 0.469 e. The second-order valence-corrected chi connectivity index (χ2v) is 8.47. The first kappa shape index (κ1) is 25.3. The quantitative estimate of drug-likeness (QED) is 0.250. The zero-order chi connectivity index (χ0) is 22.5. The number of hydrogen-bond donors (Lipinski definition) is 3. The van der Waals surface area contributed by atoms with Crippen LogP contribution in [0.4, 0.5) is 0 Å². The number of unbranched alkanes of at least 4 members (excludes halogenated alkanes) is 2. The number of aliphatic hydroxyl groups excluding tert-OH is 3. The molecule has 0 bridgehead atoms.